The van der Waals surface area contributed by atoms with Gasteiger partial charge in [-0.1, -0.05) is 43.2 Å². The minimum absolute atomic E-state index is 0.187. The molecule has 1 amide bonds. The molecule has 1 heterocycles. The first-order valence-electron chi connectivity index (χ1n) is 8.48. The Morgan fingerprint density at radius 3 is 2.73 bits per heavy atom. The third-order valence-corrected chi connectivity index (χ3v) is 5.91. The number of carbonyl (C=O) groups excluding carboxylic acids is 1. The fraction of sp³-hybridized carbons (Fsp3) is 0.611. The van der Waals surface area contributed by atoms with Gasteiger partial charge in [0.05, 0.1) is 6.04 Å². The van der Waals surface area contributed by atoms with E-state index in [0.29, 0.717) is 18.4 Å². The van der Waals surface area contributed by atoms with Gasteiger partial charge in [-0.3, -0.25) is 4.79 Å². The molecule has 1 saturated heterocycles. The molecule has 1 aromatic rings. The monoisotopic (exact) mass is 318 g/mol. The lowest BCUT2D eigenvalue weighted by molar-refractivity contribution is -0.122. The molecule has 120 valence electrons. The standard InChI is InChI=1S/C18H26N2OS/c21-17(12-16-13-22-11-10-19-16)20-18(15-8-4-5-9-15)14-6-2-1-3-7-14/h1-3,6-7,15-16,18-19H,4-5,8-13H2,(H,20,21). The number of carbonyl (C=O) groups is 1. The molecule has 0 spiro atoms. The van der Waals surface area contributed by atoms with E-state index in [2.05, 4.69) is 34.9 Å². The molecule has 1 aromatic carbocycles. The molecular formula is C18H26N2OS. The largest absolute Gasteiger partial charge is 0.349 e. The summed E-state index contributed by atoms with van der Waals surface area (Å²) in [5.74, 6) is 3.00. The number of rotatable bonds is 5. The summed E-state index contributed by atoms with van der Waals surface area (Å²) in [6.45, 7) is 1.02. The molecule has 2 unspecified atom stereocenters. The van der Waals surface area contributed by atoms with E-state index in [1.165, 1.54) is 31.2 Å². The van der Waals surface area contributed by atoms with Crippen molar-refractivity contribution in [2.75, 3.05) is 18.1 Å². The zero-order valence-electron chi connectivity index (χ0n) is 13.1. The summed E-state index contributed by atoms with van der Waals surface area (Å²) in [4.78, 5) is 12.5. The molecule has 3 nitrogen and oxygen atoms in total. The van der Waals surface area contributed by atoms with Crippen molar-refractivity contribution in [3.8, 4) is 0 Å². The molecular weight excluding hydrogens is 292 g/mol. The minimum Gasteiger partial charge on any atom is -0.349 e. The Balaban J connectivity index is 1.63. The van der Waals surface area contributed by atoms with E-state index >= 15 is 0 Å². The summed E-state index contributed by atoms with van der Waals surface area (Å²) in [5.41, 5.74) is 1.26. The molecule has 4 heteroatoms. The van der Waals surface area contributed by atoms with E-state index in [9.17, 15) is 4.79 Å². The molecule has 2 N–H and O–H groups in total. The second-order valence-electron chi connectivity index (χ2n) is 6.43. The van der Waals surface area contributed by atoms with Gasteiger partial charge in [0, 0.05) is 30.5 Å². The lowest BCUT2D eigenvalue weighted by Gasteiger charge is -2.27. The van der Waals surface area contributed by atoms with Crippen LogP contribution in [0.2, 0.25) is 0 Å². The van der Waals surface area contributed by atoms with Gasteiger partial charge < -0.3 is 10.6 Å². The maximum absolute atomic E-state index is 12.5. The maximum Gasteiger partial charge on any atom is 0.222 e. The topological polar surface area (TPSA) is 41.1 Å². The SMILES string of the molecule is O=C(CC1CSCCN1)NC(c1ccccc1)C1CCCC1. The average molecular weight is 318 g/mol. The number of amides is 1. The van der Waals surface area contributed by atoms with Crippen LogP contribution in [0, 0.1) is 5.92 Å². The maximum atomic E-state index is 12.5. The first kappa shape index (κ1) is 15.9. The lowest BCUT2D eigenvalue weighted by atomic mass is 9.91. The van der Waals surface area contributed by atoms with Crippen LogP contribution in [0.4, 0.5) is 0 Å². The Bertz CT molecular complexity index is 467. The van der Waals surface area contributed by atoms with Crippen LogP contribution in [-0.2, 0) is 4.79 Å². The molecule has 2 aliphatic rings. The Labute approximate surface area is 137 Å². The smallest absolute Gasteiger partial charge is 0.222 e. The van der Waals surface area contributed by atoms with Crippen LogP contribution in [-0.4, -0.2) is 30.0 Å². The van der Waals surface area contributed by atoms with Gasteiger partial charge in [-0.05, 0) is 24.3 Å². The highest BCUT2D eigenvalue weighted by atomic mass is 32.2. The quantitative estimate of drug-likeness (QED) is 0.876. The first-order valence-corrected chi connectivity index (χ1v) is 9.64. The van der Waals surface area contributed by atoms with Gasteiger partial charge in [0.2, 0.25) is 5.91 Å². The predicted molar refractivity (Wildman–Crippen MR) is 93.0 cm³/mol. The molecule has 0 radical (unpaired) electrons. The first-order chi connectivity index (χ1) is 10.8. The van der Waals surface area contributed by atoms with E-state index < -0.39 is 0 Å². The summed E-state index contributed by atoms with van der Waals surface area (Å²) in [7, 11) is 0. The highest BCUT2D eigenvalue weighted by Gasteiger charge is 2.28. The van der Waals surface area contributed by atoms with Crippen LogP contribution in [0.15, 0.2) is 30.3 Å². The molecule has 2 atom stereocenters. The molecule has 0 aromatic heterocycles. The highest BCUT2D eigenvalue weighted by molar-refractivity contribution is 7.99. The summed E-state index contributed by atoms with van der Waals surface area (Å²) in [6.07, 6.45) is 5.66. The van der Waals surface area contributed by atoms with Crippen LogP contribution in [0.1, 0.15) is 43.7 Å². The van der Waals surface area contributed by atoms with Gasteiger partial charge in [0.15, 0.2) is 0 Å². The van der Waals surface area contributed by atoms with Gasteiger partial charge in [0.1, 0.15) is 0 Å². The minimum atomic E-state index is 0.187. The number of hydrogen-bond donors (Lipinski definition) is 2. The van der Waals surface area contributed by atoms with Gasteiger partial charge in [-0.15, -0.1) is 0 Å². The Morgan fingerprint density at radius 2 is 2.05 bits per heavy atom. The third-order valence-electron chi connectivity index (χ3n) is 4.78. The number of hydrogen-bond acceptors (Lipinski definition) is 3. The Hall–Kier alpha value is -1.00. The van der Waals surface area contributed by atoms with Gasteiger partial charge in [0.25, 0.3) is 0 Å². The van der Waals surface area contributed by atoms with Crippen molar-refractivity contribution in [3.63, 3.8) is 0 Å². The lowest BCUT2D eigenvalue weighted by Crippen LogP contribution is -2.42. The van der Waals surface area contributed by atoms with Crippen molar-refractivity contribution < 1.29 is 4.79 Å². The molecule has 22 heavy (non-hydrogen) atoms. The van der Waals surface area contributed by atoms with Gasteiger partial charge in [-0.2, -0.15) is 11.8 Å². The fourth-order valence-corrected chi connectivity index (χ4v) is 4.58. The normalized spacial score (nSPS) is 24.1. The summed E-state index contributed by atoms with van der Waals surface area (Å²) < 4.78 is 0. The number of benzene rings is 1. The van der Waals surface area contributed by atoms with Crippen molar-refractivity contribution in [1.82, 2.24) is 10.6 Å². The second kappa shape index (κ2) is 8.02. The van der Waals surface area contributed by atoms with Crippen molar-refractivity contribution in [2.45, 2.75) is 44.2 Å². The third kappa shape index (κ3) is 4.26. The zero-order valence-corrected chi connectivity index (χ0v) is 13.9. The van der Waals surface area contributed by atoms with E-state index in [4.69, 9.17) is 0 Å². The molecule has 1 saturated carbocycles. The van der Waals surface area contributed by atoms with E-state index in [-0.39, 0.29) is 11.9 Å². The van der Waals surface area contributed by atoms with Crippen molar-refractivity contribution in [2.24, 2.45) is 5.92 Å². The predicted octanol–water partition coefficient (Wildman–Crippen LogP) is 3.13. The Morgan fingerprint density at radius 1 is 1.27 bits per heavy atom. The molecule has 2 fully saturated rings. The van der Waals surface area contributed by atoms with Gasteiger partial charge in [-0.25, -0.2) is 0 Å². The molecule has 1 aliphatic heterocycles. The van der Waals surface area contributed by atoms with E-state index in [1.807, 2.05) is 17.8 Å². The Kier molecular flexibility index (Phi) is 5.79. The van der Waals surface area contributed by atoms with Crippen LogP contribution in [0.5, 0.6) is 0 Å². The molecule has 3 rings (SSSR count). The van der Waals surface area contributed by atoms with Crippen molar-refractivity contribution in [1.29, 1.82) is 0 Å². The second-order valence-corrected chi connectivity index (χ2v) is 7.58. The van der Waals surface area contributed by atoms with Crippen molar-refractivity contribution >= 4 is 17.7 Å². The van der Waals surface area contributed by atoms with E-state index in [1.54, 1.807) is 0 Å². The summed E-state index contributed by atoms with van der Waals surface area (Å²) in [5, 5.41) is 6.79. The van der Waals surface area contributed by atoms with E-state index in [0.717, 1.165) is 18.1 Å². The van der Waals surface area contributed by atoms with Crippen LogP contribution >= 0.6 is 11.8 Å². The fourth-order valence-electron chi connectivity index (χ4n) is 3.63. The van der Waals surface area contributed by atoms with Gasteiger partial charge >= 0.3 is 0 Å². The molecule has 0 bridgehead atoms. The highest BCUT2D eigenvalue weighted by Crippen LogP contribution is 2.35. The van der Waals surface area contributed by atoms with Crippen LogP contribution in [0.3, 0.4) is 0 Å². The van der Waals surface area contributed by atoms with Crippen molar-refractivity contribution in [3.05, 3.63) is 35.9 Å². The molecule has 1 aliphatic carbocycles. The average Bonchev–Trinajstić information content (AvgIpc) is 3.08. The summed E-state index contributed by atoms with van der Waals surface area (Å²) >= 11 is 1.94. The number of nitrogens with one attached hydrogen (secondary N) is 2. The van der Waals surface area contributed by atoms with Crippen LogP contribution < -0.4 is 10.6 Å². The van der Waals surface area contributed by atoms with Crippen LogP contribution in [0.25, 0.3) is 0 Å². The summed E-state index contributed by atoms with van der Waals surface area (Å²) in [6, 6.07) is 11.0. The number of thioether (sulfide) groups is 1. The zero-order chi connectivity index (χ0) is 15.2.